The second-order valence-corrected chi connectivity index (χ2v) is 11.5. The average molecular weight is 621 g/mol. The van der Waals surface area contributed by atoms with Gasteiger partial charge in [-0.1, -0.05) is 91.0 Å². The molecule has 0 fully saturated rings. The van der Waals surface area contributed by atoms with Crippen molar-refractivity contribution in [2.45, 2.75) is 12.5 Å². The second-order valence-electron chi connectivity index (χ2n) is 11.5. The summed E-state index contributed by atoms with van der Waals surface area (Å²) in [6.45, 7) is 6.01. The molecule has 0 aliphatic rings. The molecular weight excluding hydrogens is 589 g/mol. The van der Waals surface area contributed by atoms with Crippen molar-refractivity contribution in [3.05, 3.63) is 181 Å². The van der Waals surface area contributed by atoms with E-state index in [1.165, 1.54) is 0 Å². The molecule has 1 atom stereocenters. The van der Waals surface area contributed by atoms with Crippen LogP contribution in [0.25, 0.3) is 45.0 Å². The number of nitrogens with zero attached hydrogens (tertiary/aromatic N) is 6. The van der Waals surface area contributed by atoms with Gasteiger partial charge in [-0.2, -0.15) is 0 Å². The maximum Gasteiger partial charge on any atom is 0.155 e. The van der Waals surface area contributed by atoms with Crippen molar-refractivity contribution in [1.29, 1.82) is 0 Å². The van der Waals surface area contributed by atoms with Crippen molar-refractivity contribution in [3.63, 3.8) is 0 Å². The highest BCUT2D eigenvalue weighted by Gasteiger charge is 2.29. The first-order chi connectivity index (χ1) is 23.6. The third-order valence-corrected chi connectivity index (χ3v) is 8.45. The van der Waals surface area contributed by atoms with Crippen molar-refractivity contribution in [1.82, 2.24) is 19.9 Å². The van der Waals surface area contributed by atoms with Crippen molar-refractivity contribution < 1.29 is 0 Å². The first kappa shape index (κ1) is 30.3. The van der Waals surface area contributed by atoms with Gasteiger partial charge < -0.3 is 0 Å². The number of aliphatic imine (C=N–C) groups is 2. The molecule has 3 aromatic carbocycles. The van der Waals surface area contributed by atoms with E-state index in [4.69, 9.17) is 15.0 Å². The van der Waals surface area contributed by atoms with Crippen molar-refractivity contribution in [2.75, 3.05) is 0 Å². The van der Waals surface area contributed by atoms with E-state index in [1.807, 2.05) is 109 Å². The van der Waals surface area contributed by atoms with Crippen molar-refractivity contribution >= 4 is 12.6 Å². The first-order valence-electron chi connectivity index (χ1n) is 15.7. The van der Waals surface area contributed by atoms with Crippen LogP contribution < -0.4 is 0 Å². The van der Waals surface area contributed by atoms with Gasteiger partial charge in [0.1, 0.15) is 5.54 Å². The van der Waals surface area contributed by atoms with Crippen molar-refractivity contribution in [2.24, 2.45) is 9.98 Å². The van der Waals surface area contributed by atoms with Crippen LogP contribution in [0, 0.1) is 0 Å². The number of hydrogen-bond acceptors (Lipinski definition) is 5. The molecule has 0 aliphatic carbocycles. The van der Waals surface area contributed by atoms with Gasteiger partial charge in [-0.25, -0.2) is 4.99 Å². The number of benzene rings is 3. The fourth-order valence-corrected chi connectivity index (χ4v) is 5.72. The zero-order valence-corrected chi connectivity index (χ0v) is 26.5. The third-order valence-electron chi connectivity index (χ3n) is 8.45. The van der Waals surface area contributed by atoms with Crippen LogP contribution in [0.15, 0.2) is 174 Å². The third kappa shape index (κ3) is 6.32. The average Bonchev–Trinajstić information content (AvgIpc) is 3.18. The molecule has 7 aromatic rings. The highest BCUT2D eigenvalue weighted by molar-refractivity contribution is 6.02. The fraction of sp³-hybridized carbons (Fsp3) is 0.0476. The Morgan fingerprint density at radius 2 is 0.938 bits per heavy atom. The van der Waals surface area contributed by atoms with Gasteiger partial charge in [0, 0.05) is 52.6 Å². The molecule has 4 aromatic heterocycles. The van der Waals surface area contributed by atoms with E-state index in [0.717, 1.165) is 61.7 Å². The molecule has 0 N–H and O–H groups in total. The largest absolute Gasteiger partial charge is 0.256 e. The topological polar surface area (TPSA) is 76.3 Å². The SMILES string of the molecule is C=NC(=NC(C)(c1ccccc1)c1ccc(-c2ccc(-c3ccccn3)cn2)cc1)c1ccc(-c2ccc(-c3ccccn3)cn2)cc1. The van der Waals surface area contributed by atoms with Crippen LogP contribution >= 0.6 is 0 Å². The Morgan fingerprint density at radius 1 is 0.479 bits per heavy atom. The van der Waals surface area contributed by atoms with Gasteiger partial charge in [-0.15, -0.1) is 0 Å². The summed E-state index contributed by atoms with van der Waals surface area (Å²) in [6, 6.07) is 46.7. The van der Waals surface area contributed by atoms with Gasteiger partial charge in [-0.05, 0) is 73.3 Å². The van der Waals surface area contributed by atoms with Gasteiger partial charge in [0.2, 0.25) is 0 Å². The van der Waals surface area contributed by atoms with E-state index in [9.17, 15) is 0 Å². The molecule has 48 heavy (non-hydrogen) atoms. The summed E-state index contributed by atoms with van der Waals surface area (Å²) in [4.78, 5) is 27.9. The monoisotopic (exact) mass is 620 g/mol. The van der Waals surface area contributed by atoms with E-state index in [2.05, 4.69) is 71.1 Å². The molecule has 0 amide bonds. The Labute approximate surface area is 280 Å². The number of amidine groups is 1. The summed E-state index contributed by atoms with van der Waals surface area (Å²) in [7, 11) is 0. The summed E-state index contributed by atoms with van der Waals surface area (Å²) < 4.78 is 0. The minimum atomic E-state index is -0.728. The first-order valence-corrected chi connectivity index (χ1v) is 15.7. The van der Waals surface area contributed by atoms with E-state index in [0.29, 0.717) is 5.84 Å². The Kier molecular flexibility index (Phi) is 8.53. The zero-order valence-electron chi connectivity index (χ0n) is 26.5. The minimum Gasteiger partial charge on any atom is -0.256 e. The molecule has 6 heteroatoms. The Balaban J connectivity index is 1.17. The number of aromatic nitrogens is 4. The lowest BCUT2D eigenvalue weighted by molar-refractivity contribution is 0.606. The van der Waals surface area contributed by atoms with Crippen LogP contribution in [0.4, 0.5) is 0 Å². The molecule has 4 heterocycles. The molecule has 0 bridgehead atoms. The molecule has 0 saturated carbocycles. The molecule has 6 nitrogen and oxygen atoms in total. The molecular formula is C42H32N6. The van der Waals surface area contributed by atoms with E-state index >= 15 is 0 Å². The van der Waals surface area contributed by atoms with Crippen LogP contribution in [-0.4, -0.2) is 32.5 Å². The Bertz CT molecular complexity index is 2150. The van der Waals surface area contributed by atoms with Gasteiger partial charge in [-0.3, -0.25) is 24.9 Å². The molecule has 0 saturated heterocycles. The zero-order chi connectivity index (χ0) is 32.8. The van der Waals surface area contributed by atoms with Crippen LogP contribution in [0.3, 0.4) is 0 Å². The summed E-state index contributed by atoms with van der Waals surface area (Å²) >= 11 is 0. The van der Waals surface area contributed by atoms with Crippen LogP contribution in [-0.2, 0) is 5.54 Å². The van der Waals surface area contributed by atoms with Crippen LogP contribution in [0.5, 0.6) is 0 Å². The standard InChI is InChI=1S/C42H32N6/c1-42(35-10-4-3-5-11-35,36-22-18-31(19-23-36)40-25-21-34(29-47-40)38-13-7-9-27-45-38)48-41(43-2)32-16-14-30(15-17-32)39-24-20-33(28-46-39)37-12-6-8-26-44-37/h3-29H,2H2,1H3. The van der Waals surface area contributed by atoms with Crippen molar-refractivity contribution in [3.8, 4) is 45.0 Å². The fourth-order valence-electron chi connectivity index (χ4n) is 5.72. The quantitative estimate of drug-likeness (QED) is 0.125. The second kappa shape index (κ2) is 13.5. The molecule has 230 valence electrons. The van der Waals surface area contributed by atoms with Gasteiger partial charge in [0.05, 0.1) is 22.8 Å². The smallest absolute Gasteiger partial charge is 0.155 e. The molecule has 0 radical (unpaired) electrons. The summed E-state index contributed by atoms with van der Waals surface area (Å²) in [5, 5.41) is 0. The normalized spacial score (nSPS) is 12.6. The number of rotatable bonds is 8. The van der Waals surface area contributed by atoms with Crippen LogP contribution in [0.2, 0.25) is 0 Å². The van der Waals surface area contributed by atoms with Gasteiger partial charge >= 0.3 is 0 Å². The van der Waals surface area contributed by atoms with Crippen LogP contribution in [0.1, 0.15) is 23.6 Å². The maximum atomic E-state index is 5.27. The Hall–Kier alpha value is -6.40. The predicted molar refractivity (Wildman–Crippen MR) is 195 cm³/mol. The van der Waals surface area contributed by atoms with Gasteiger partial charge in [0.15, 0.2) is 5.84 Å². The van der Waals surface area contributed by atoms with E-state index in [1.54, 1.807) is 12.4 Å². The summed E-state index contributed by atoms with van der Waals surface area (Å²) in [5.41, 5.74) is 9.75. The van der Waals surface area contributed by atoms with E-state index < -0.39 is 5.54 Å². The van der Waals surface area contributed by atoms with E-state index in [-0.39, 0.29) is 0 Å². The summed E-state index contributed by atoms with van der Waals surface area (Å²) in [6.07, 6.45) is 7.30. The highest BCUT2D eigenvalue weighted by Crippen LogP contribution is 2.36. The molecule has 7 rings (SSSR count). The predicted octanol–water partition coefficient (Wildman–Crippen LogP) is 9.35. The lowest BCUT2D eigenvalue weighted by Crippen LogP contribution is -2.23. The molecule has 0 aliphatic heterocycles. The number of pyridine rings is 4. The molecule has 1 unspecified atom stereocenters. The Morgan fingerprint density at radius 3 is 1.40 bits per heavy atom. The maximum absolute atomic E-state index is 5.27. The van der Waals surface area contributed by atoms with Gasteiger partial charge in [0.25, 0.3) is 0 Å². The minimum absolute atomic E-state index is 0.558. The summed E-state index contributed by atoms with van der Waals surface area (Å²) in [5.74, 6) is 0.558. The lowest BCUT2D eigenvalue weighted by Gasteiger charge is -2.28. The highest BCUT2D eigenvalue weighted by atomic mass is 15.0. The number of hydrogen-bond donors (Lipinski definition) is 0. The molecule has 0 spiro atoms. The lowest BCUT2D eigenvalue weighted by atomic mass is 9.84.